The summed E-state index contributed by atoms with van der Waals surface area (Å²) in [4.78, 5) is 18.5. The van der Waals surface area contributed by atoms with Crippen molar-refractivity contribution in [3.05, 3.63) is 47.3 Å². The number of nitrogens with zero attached hydrogens (tertiary/aromatic N) is 1. The lowest BCUT2D eigenvalue weighted by atomic mass is 10.1. The molecule has 0 aliphatic carbocycles. The molecule has 100 valence electrons. The minimum absolute atomic E-state index is 0.278. The van der Waals surface area contributed by atoms with Gasteiger partial charge < -0.3 is 10.7 Å². The van der Waals surface area contributed by atoms with Crippen LogP contribution in [0.15, 0.2) is 35.5 Å². The maximum absolute atomic E-state index is 10.7. The number of carbonyl (C=O) groups excluding carboxylic acids is 1. The van der Waals surface area contributed by atoms with Crippen molar-refractivity contribution in [1.82, 2.24) is 9.97 Å². The molecule has 0 fully saturated rings. The Hall–Kier alpha value is -1.75. The Morgan fingerprint density at radius 1 is 1.37 bits per heavy atom. The molecule has 1 heterocycles. The zero-order valence-electron chi connectivity index (χ0n) is 10.8. The fourth-order valence-corrected chi connectivity index (χ4v) is 2.64. The predicted octanol–water partition coefficient (Wildman–Crippen LogP) is 2.28. The number of rotatable bonds is 6. The molecule has 0 saturated heterocycles. The Morgan fingerprint density at radius 3 is 2.79 bits per heavy atom. The minimum atomic E-state index is -0.278. The highest BCUT2D eigenvalue weighted by atomic mass is 32.2. The molecule has 5 heteroatoms. The van der Waals surface area contributed by atoms with E-state index < -0.39 is 0 Å². The number of H-pyrrole nitrogens is 1. The van der Waals surface area contributed by atoms with Gasteiger partial charge in [0.05, 0.1) is 5.69 Å². The third kappa shape index (κ3) is 4.13. The van der Waals surface area contributed by atoms with E-state index in [1.165, 1.54) is 17.3 Å². The summed E-state index contributed by atoms with van der Waals surface area (Å²) in [5, 5.41) is 0.852. The van der Waals surface area contributed by atoms with Crippen LogP contribution in [0.25, 0.3) is 0 Å². The van der Waals surface area contributed by atoms with Gasteiger partial charge in [0.2, 0.25) is 5.91 Å². The van der Waals surface area contributed by atoms with Gasteiger partial charge in [0.25, 0.3) is 0 Å². The maximum Gasteiger partial charge on any atom is 0.218 e. The van der Waals surface area contributed by atoms with Gasteiger partial charge in [-0.2, -0.15) is 0 Å². The average molecular weight is 275 g/mol. The van der Waals surface area contributed by atoms with Crippen LogP contribution in [0.4, 0.5) is 0 Å². The molecule has 0 atom stereocenters. The van der Waals surface area contributed by atoms with Crippen LogP contribution in [-0.2, 0) is 11.2 Å². The van der Waals surface area contributed by atoms with Gasteiger partial charge in [-0.05, 0) is 12.5 Å². The van der Waals surface area contributed by atoms with Crippen molar-refractivity contribution in [2.24, 2.45) is 5.73 Å². The second-order valence-electron chi connectivity index (χ2n) is 4.34. The van der Waals surface area contributed by atoms with E-state index in [1.807, 2.05) is 25.1 Å². The number of carbonyl (C=O) groups is 1. The topological polar surface area (TPSA) is 71.8 Å². The lowest BCUT2D eigenvalue weighted by Gasteiger charge is -1.98. The number of amides is 1. The molecule has 2 aromatic rings. The van der Waals surface area contributed by atoms with Gasteiger partial charge in [0.15, 0.2) is 5.16 Å². The molecular weight excluding hydrogens is 258 g/mol. The fraction of sp³-hybridized carbons (Fsp3) is 0.286. The number of benzene rings is 1. The number of hydrogen-bond donors (Lipinski definition) is 2. The standard InChI is InChI=1S/C14H17N3OS/c1-10-12(9-11-5-3-2-4-6-11)17-14(16-10)19-8-7-13(15)18/h2-6H,7-9H2,1H3,(H2,15,18)(H,16,17). The van der Waals surface area contributed by atoms with E-state index in [4.69, 9.17) is 5.73 Å². The van der Waals surface area contributed by atoms with Gasteiger partial charge in [0, 0.05) is 24.3 Å². The molecular formula is C14H17N3OS. The van der Waals surface area contributed by atoms with Crippen LogP contribution in [0.5, 0.6) is 0 Å². The molecule has 0 radical (unpaired) electrons. The summed E-state index contributed by atoms with van der Waals surface area (Å²) in [5.41, 5.74) is 8.48. The first-order chi connectivity index (χ1) is 9.15. The van der Waals surface area contributed by atoms with Gasteiger partial charge in [-0.25, -0.2) is 4.98 Å². The fourth-order valence-electron chi connectivity index (χ4n) is 1.74. The van der Waals surface area contributed by atoms with Crippen LogP contribution >= 0.6 is 11.8 Å². The monoisotopic (exact) mass is 275 g/mol. The highest BCUT2D eigenvalue weighted by molar-refractivity contribution is 7.99. The van der Waals surface area contributed by atoms with Crippen molar-refractivity contribution in [2.75, 3.05) is 5.75 Å². The summed E-state index contributed by atoms with van der Waals surface area (Å²) in [6.45, 7) is 2.02. The van der Waals surface area contributed by atoms with E-state index in [0.29, 0.717) is 12.2 Å². The lowest BCUT2D eigenvalue weighted by molar-refractivity contribution is -0.117. The van der Waals surface area contributed by atoms with Crippen molar-refractivity contribution in [1.29, 1.82) is 0 Å². The second kappa shape index (κ2) is 6.43. The van der Waals surface area contributed by atoms with E-state index in [2.05, 4.69) is 22.1 Å². The van der Waals surface area contributed by atoms with Crippen LogP contribution in [-0.4, -0.2) is 21.6 Å². The molecule has 0 bridgehead atoms. The largest absolute Gasteiger partial charge is 0.370 e. The molecule has 0 aliphatic heterocycles. The summed E-state index contributed by atoms with van der Waals surface area (Å²) < 4.78 is 0. The van der Waals surface area contributed by atoms with Crippen molar-refractivity contribution in [3.63, 3.8) is 0 Å². The quantitative estimate of drug-likeness (QED) is 0.794. The van der Waals surface area contributed by atoms with Crippen LogP contribution in [0.2, 0.25) is 0 Å². The van der Waals surface area contributed by atoms with E-state index in [1.54, 1.807) is 0 Å². The van der Waals surface area contributed by atoms with Gasteiger partial charge in [0.1, 0.15) is 0 Å². The van der Waals surface area contributed by atoms with Crippen LogP contribution in [0.3, 0.4) is 0 Å². The first kappa shape index (κ1) is 13.7. The Balaban J connectivity index is 1.98. The first-order valence-corrected chi connectivity index (χ1v) is 7.14. The molecule has 0 saturated carbocycles. The number of thioether (sulfide) groups is 1. The van der Waals surface area contributed by atoms with Crippen molar-refractivity contribution >= 4 is 17.7 Å². The molecule has 0 spiro atoms. The van der Waals surface area contributed by atoms with Crippen LogP contribution in [0.1, 0.15) is 23.4 Å². The van der Waals surface area contributed by atoms with Gasteiger partial charge in [-0.3, -0.25) is 4.79 Å². The zero-order valence-corrected chi connectivity index (χ0v) is 11.7. The summed E-state index contributed by atoms with van der Waals surface area (Å²) in [6.07, 6.45) is 1.19. The maximum atomic E-state index is 10.7. The molecule has 1 amide bonds. The number of hydrogen-bond acceptors (Lipinski definition) is 3. The number of imidazole rings is 1. The summed E-state index contributed by atoms with van der Waals surface area (Å²) in [7, 11) is 0. The number of primary amides is 1. The summed E-state index contributed by atoms with van der Waals surface area (Å²) in [5.74, 6) is 0.382. The Kier molecular flexibility index (Phi) is 4.63. The number of nitrogens with one attached hydrogen (secondary N) is 1. The Morgan fingerprint density at radius 2 is 2.11 bits per heavy atom. The molecule has 0 unspecified atom stereocenters. The summed E-state index contributed by atoms with van der Waals surface area (Å²) >= 11 is 1.53. The Labute approximate surface area is 116 Å². The SMILES string of the molecule is Cc1[nH]c(SCCC(N)=O)nc1Cc1ccccc1. The average Bonchev–Trinajstić information content (AvgIpc) is 2.71. The number of aryl methyl sites for hydroxylation is 1. The minimum Gasteiger partial charge on any atom is -0.370 e. The molecule has 0 aliphatic rings. The van der Waals surface area contributed by atoms with Gasteiger partial charge >= 0.3 is 0 Å². The van der Waals surface area contributed by atoms with Crippen LogP contribution in [0, 0.1) is 6.92 Å². The Bertz CT molecular complexity index is 551. The van der Waals surface area contributed by atoms with E-state index in [-0.39, 0.29) is 5.91 Å². The molecule has 1 aromatic carbocycles. The highest BCUT2D eigenvalue weighted by Gasteiger charge is 2.08. The van der Waals surface area contributed by atoms with Crippen molar-refractivity contribution in [3.8, 4) is 0 Å². The number of nitrogens with two attached hydrogens (primary N) is 1. The van der Waals surface area contributed by atoms with E-state index >= 15 is 0 Å². The van der Waals surface area contributed by atoms with E-state index in [9.17, 15) is 4.79 Å². The third-order valence-electron chi connectivity index (χ3n) is 2.77. The molecule has 3 N–H and O–H groups in total. The molecule has 4 nitrogen and oxygen atoms in total. The van der Waals surface area contributed by atoms with Gasteiger partial charge in [-0.1, -0.05) is 42.1 Å². The number of aromatic amines is 1. The second-order valence-corrected chi connectivity index (χ2v) is 5.42. The van der Waals surface area contributed by atoms with Crippen molar-refractivity contribution < 1.29 is 4.79 Å². The summed E-state index contributed by atoms with van der Waals surface area (Å²) in [6, 6.07) is 10.2. The zero-order chi connectivity index (χ0) is 13.7. The highest BCUT2D eigenvalue weighted by Crippen LogP contribution is 2.19. The smallest absolute Gasteiger partial charge is 0.218 e. The van der Waals surface area contributed by atoms with E-state index in [0.717, 1.165) is 23.0 Å². The molecule has 1 aromatic heterocycles. The van der Waals surface area contributed by atoms with Crippen LogP contribution < -0.4 is 5.73 Å². The predicted molar refractivity (Wildman–Crippen MR) is 77.1 cm³/mol. The third-order valence-corrected chi connectivity index (χ3v) is 3.64. The normalized spacial score (nSPS) is 10.6. The first-order valence-electron chi connectivity index (χ1n) is 6.15. The molecule has 19 heavy (non-hydrogen) atoms. The van der Waals surface area contributed by atoms with Gasteiger partial charge in [-0.15, -0.1) is 0 Å². The number of aromatic nitrogens is 2. The molecule has 2 rings (SSSR count). The lowest BCUT2D eigenvalue weighted by Crippen LogP contribution is -2.10. The van der Waals surface area contributed by atoms with Crippen molar-refractivity contribution in [2.45, 2.75) is 24.9 Å².